The largest absolute Gasteiger partial charge is 0.387 e. The molecule has 0 aromatic rings. The molecular weight excluding hydrogens is 156 g/mol. The van der Waals surface area contributed by atoms with E-state index in [2.05, 4.69) is 12.6 Å². The quantitative estimate of drug-likeness (QED) is 0.352. The molecule has 0 radical (unpaired) electrons. The molecule has 10 heavy (non-hydrogen) atoms. The molecule has 0 aliphatic carbocycles. The zero-order valence-electron chi connectivity index (χ0n) is 5.21. The van der Waals surface area contributed by atoms with Gasteiger partial charge in [-0.25, -0.2) is 0 Å². The van der Waals surface area contributed by atoms with Crippen molar-refractivity contribution in [1.82, 2.24) is 0 Å². The maximum atomic E-state index is 9.04. The summed E-state index contributed by atoms with van der Waals surface area (Å²) in [4.78, 5) is 0. The molecular formula is C5H10O4S. The van der Waals surface area contributed by atoms with Crippen molar-refractivity contribution in [2.45, 2.75) is 24.6 Å². The third kappa shape index (κ3) is 1.28. The third-order valence-electron chi connectivity index (χ3n) is 1.52. The highest BCUT2D eigenvalue weighted by atomic mass is 32.1. The lowest BCUT2D eigenvalue weighted by Crippen LogP contribution is -2.32. The first-order chi connectivity index (χ1) is 4.66. The van der Waals surface area contributed by atoms with Crippen LogP contribution < -0.4 is 0 Å². The first-order valence-corrected chi connectivity index (χ1v) is 3.60. The van der Waals surface area contributed by atoms with Gasteiger partial charge in [-0.2, -0.15) is 12.6 Å². The Bertz CT molecular complexity index is 120. The highest BCUT2D eigenvalue weighted by Crippen LogP contribution is 2.19. The molecule has 1 aliphatic heterocycles. The van der Waals surface area contributed by atoms with Crippen LogP contribution in [0.4, 0.5) is 0 Å². The molecule has 1 saturated heterocycles. The van der Waals surface area contributed by atoms with Crippen LogP contribution in [0.25, 0.3) is 0 Å². The first-order valence-electron chi connectivity index (χ1n) is 2.97. The Labute approximate surface area is 63.8 Å². The van der Waals surface area contributed by atoms with E-state index in [9.17, 15) is 0 Å². The summed E-state index contributed by atoms with van der Waals surface area (Å²) in [6.07, 6.45) is -4.05. The van der Waals surface area contributed by atoms with Gasteiger partial charge in [0.1, 0.15) is 12.2 Å². The van der Waals surface area contributed by atoms with Crippen LogP contribution >= 0.6 is 12.6 Å². The number of hydrogen-bond donors (Lipinski definition) is 4. The van der Waals surface area contributed by atoms with E-state index in [-0.39, 0.29) is 5.75 Å². The molecule has 60 valence electrons. The number of aliphatic hydroxyl groups is 3. The molecule has 0 aromatic heterocycles. The van der Waals surface area contributed by atoms with Crippen molar-refractivity contribution in [1.29, 1.82) is 0 Å². The smallest absolute Gasteiger partial charge is 0.183 e. The van der Waals surface area contributed by atoms with Gasteiger partial charge in [0, 0.05) is 5.75 Å². The fourth-order valence-corrected chi connectivity index (χ4v) is 1.18. The second-order valence-corrected chi connectivity index (χ2v) is 2.59. The molecule has 0 saturated carbocycles. The Morgan fingerprint density at radius 2 is 1.80 bits per heavy atom. The van der Waals surface area contributed by atoms with E-state index in [4.69, 9.17) is 20.1 Å². The second kappa shape index (κ2) is 3.06. The van der Waals surface area contributed by atoms with Crippen LogP contribution in [0, 0.1) is 0 Å². The molecule has 0 spiro atoms. The highest BCUT2D eigenvalue weighted by molar-refractivity contribution is 7.80. The van der Waals surface area contributed by atoms with Gasteiger partial charge >= 0.3 is 0 Å². The predicted molar refractivity (Wildman–Crippen MR) is 36.7 cm³/mol. The number of aliphatic hydroxyl groups excluding tert-OH is 3. The fraction of sp³-hybridized carbons (Fsp3) is 1.00. The summed E-state index contributed by atoms with van der Waals surface area (Å²) in [7, 11) is 0. The number of ether oxygens (including phenoxy) is 1. The maximum Gasteiger partial charge on any atom is 0.183 e. The van der Waals surface area contributed by atoms with Gasteiger partial charge in [-0.15, -0.1) is 0 Å². The topological polar surface area (TPSA) is 69.9 Å². The zero-order chi connectivity index (χ0) is 7.72. The van der Waals surface area contributed by atoms with Crippen LogP contribution in [0.15, 0.2) is 0 Å². The van der Waals surface area contributed by atoms with Crippen molar-refractivity contribution < 1.29 is 20.1 Å². The maximum absolute atomic E-state index is 9.04. The Morgan fingerprint density at radius 1 is 1.20 bits per heavy atom. The van der Waals surface area contributed by atoms with Crippen LogP contribution in [0.5, 0.6) is 0 Å². The molecule has 1 fully saturated rings. The average Bonchev–Trinajstić information content (AvgIpc) is 2.17. The molecule has 5 heteroatoms. The minimum Gasteiger partial charge on any atom is -0.387 e. The van der Waals surface area contributed by atoms with Gasteiger partial charge in [0.05, 0.1) is 6.10 Å². The van der Waals surface area contributed by atoms with Gasteiger partial charge in [-0.1, -0.05) is 0 Å². The van der Waals surface area contributed by atoms with Crippen molar-refractivity contribution >= 4 is 12.6 Å². The minimum absolute atomic E-state index is 0.287. The lowest BCUT2D eigenvalue weighted by molar-refractivity contribution is -0.123. The van der Waals surface area contributed by atoms with Gasteiger partial charge < -0.3 is 20.1 Å². The van der Waals surface area contributed by atoms with Crippen LogP contribution in [-0.4, -0.2) is 45.7 Å². The normalized spacial score (nSPS) is 48.0. The van der Waals surface area contributed by atoms with E-state index in [0.717, 1.165) is 0 Å². The summed E-state index contributed by atoms with van der Waals surface area (Å²) in [6.45, 7) is 0. The molecule has 4 atom stereocenters. The lowest BCUT2D eigenvalue weighted by Gasteiger charge is -2.09. The molecule has 1 rings (SSSR count). The first kappa shape index (κ1) is 8.29. The van der Waals surface area contributed by atoms with Gasteiger partial charge in [0.15, 0.2) is 6.29 Å². The van der Waals surface area contributed by atoms with E-state index in [1.807, 2.05) is 0 Å². The predicted octanol–water partition coefficient (Wildman–Crippen LogP) is -1.64. The van der Waals surface area contributed by atoms with Crippen LogP contribution in [0.2, 0.25) is 0 Å². The molecule has 4 nitrogen and oxygen atoms in total. The Morgan fingerprint density at radius 3 is 2.00 bits per heavy atom. The van der Waals surface area contributed by atoms with Crippen LogP contribution in [-0.2, 0) is 4.74 Å². The number of thiol groups is 1. The Kier molecular flexibility index (Phi) is 2.54. The molecule has 0 amide bonds. The van der Waals surface area contributed by atoms with Crippen molar-refractivity contribution in [3.05, 3.63) is 0 Å². The molecule has 1 aliphatic rings. The number of rotatable bonds is 1. The standard InChI is InChI=1S/C5H10O4S/c6-3-2(1-10)9-5(8)4(3)7/h2-8,10H,1H2. The summed E-state index contributed by atoms with van der Waals surface area (Å²) < 4.78 is 4.71. The molecule has 1 heterocycles. The number of hydrogen-bond acceptors (Lipinski definition) is 5. The molecule has 0 bridgehead atoms. The highest BCUT2D eigenvalue weighted by Gasteiger charge is 2.40. The summed E-state index contributed by atoms with van der Waals surface area (Å²) >= 11 is 3.85. The zero-order valence-corrected chi connectivity index (χ0v) is 6.11. The Balaban J connectivity index is 2.53. The SMILES string of the molecule is OC1OC(CS)C(O)C1O. The van der Waals surface area contributed by atoms with E-state index < -0.39 is 24.6 Å². The molecule has 4 unspecified atom stereocenters. The van der Waals surface area contributed by atoms with Crippen LogP contribution in [0.3, 0.4) is 0 Å². The van der Waals surface area contributed by atoms with Gasteiger partial charge in [0.25, 0.3) is 0 Å². The van der Waals surface area contributed by atoms with E-state index >= 15 is 0 Å². The Hall–Kier alpha value is 0.190. The van der Waals surface area contributed by atoms with Gasteiger partial charge in [-0.05, 0) is 0 Å². The molecule has 3 N–H and O–H groups in total. The van der Waals surface area contributed by atoms with Crippen LogP contribution in [0.1, 0.15) is 0 Å². The second-order valence-electron chi connectivity index (χ2n) is 2.23. The van der Waals surface area contributed by atoms with Crippen molar-refractivity contribution in [3.8, 4) is 0 Å². The van der Waals surface area contributed by atoms with Crippen molar-refractivity contribution in [2.75, 3.05) is 5.75 Å². The fourth-order valence-electron chi connectivity index (χ4n) is 0.880. The third-order valence-corrected chi connectivity index (χ3v) is 1.88. The summed E-state index contributed by atoms with van der Waals surface area (Å²) in [5.41, 5.74) is 0. The van der Waals surface area contributed by atoms with Crippen molar-refractivity contribution in [3.63, 3.8) is 0 Å². The van der Waals surface area contributed by atoms with Gasteiger partial charge in [0.2, 0.25) is 0 Å². The van der Waals surface area contributed by atoms with Gasteiger partial charge in [-0.3, -0.25) is 0 Å². The van der Waals surface area contributed by atoms with E-state index in [1.54, 1.807) is 0 Å². The lowest BCUT2D eigenvalue weighted by atomic mass is 10.2. The molecule has 0 aromatic carbocycles. The van der Waals surface area contributed by atoms with E-state index in [1.165, 1.54) is 0 Å². The summed E-state index contributed by atoms with van der Waals surface area (Å²) in [5.74, 6) is 0.287. The summed E-state index contributed by atoms with van der Waals surface area (Å²) in [6, 6.07) is 0. The average molecular weight is 166 g/mol. The van der Waals surface area contributed by atoms with Crippen molar-refractivity contribution in [2.24, 2.45) is 0 Å². The minimum atomic E-state index is -1.27. The monoisotopic (exact) mass is 166 g/mol. The summed E-state index contributed by atoms with van der Waals surface area (Å²) in [5, 5.41) is 26.8. The van der Waals surface area contributed by atoms with E-state index in [0.29, 0.717) is 0 Å².